The van der Waals surface area contributed by atoms with Crippen molar-refractivity contribution in [1.82, 2.24) is 19.5 Å². The van der Waals surface area contributed by atoms with Crippen molar-refractivity contribution in [2.45, 2.75) is 18.9 Å². The van der Waals surface area contributed by atoms with E-state index >= 15 is 0 Å². The Morgan fingerprint density at radius 3 is 2.52 bits per heavy atom. The van der Waals surface area contributed by atoms with Gasteiger partial charge in [-0.05, 0) is 42.5 Å². The average Bonchev–Trinajstić information content (AvgIpc) is 3.17. The number of aromatic amines is 1. The molecule has 1 aliphatic heterocycles. The lowest BCUT2D eigenvalue weighted by molar-refractivity contribution is 0.0587. The van der Waals surface area contributed by atoms with E-state index in [4.69, 9.17) is 27.9 Å². The van der Waals surface area contributed by atoms with Crippen molar-refractivity contribution in [2.75, 3.05) is 13.1 Å². The van der Waals surface area contributed by atoms with Gasteiger partial charge >= 0.3 is 0 Å². The fraction of sp³-hybridized carbons (Fsp3) is 0.217. The van der Waals surface area contributed by atoms with Crippen molar-refractivity contribution in [3.05, 3.63) is 74.0 Å². The molecule has 2 aromatic heterocycles. The molecular formula is C23H17Cl2N5O3. The maximum atomic E-state index is 12.9. The molecule has 33 heavy (non-hydrogen) atoms. The maximum absolute atomic E-state index is 12.9. The predicted molar refractivity (Wildman–Crippen MR) is 124 cm³/mol. The van der Waals surface area contributed by atoms with E-state index in [-0.39, 0.29) is 34.7 Å². The number of fused-ring (bicyclic) bond motifs is 2. The molecule has 2 aromatic carbocycles. The predicted octanol–water partition coefficient (Wildman–Crippen LogP) is 4.04. The molecule has 8 nitrogen and oxygen atoms in total. The van der Waals surface area contributed by atoms with Gasteiger partial charge in [0.2, 0.25) is 5.88 Å². The lowest BCUT2D eigenvalue weighted by atomic mass is 10.1. The topological polar surface area (TPSA) is 103 Å². The Bertz CT molecular complexity index is 1480. The summed E-state index contributed by atoms with van der Waals surface area (Å²) in [4.78, 5) is 31.8. The number of halogens is 2. The van der Waals surface area contributed by atoms with Crippen LogP contribution < -0.4 is 10.3 Å². The molecular weight excluding hydrogens is 465 g/mol. The van der Waals surface area contributed by atoms with Crippen molar-refractivity contribution >= 4 is 45.7 Å². The molecule has 4 aromatic rings. The minimum Gasteiger partial charge on any atom is -0.474 e. The molecule has 1 fully saturated rings. The summed E-state index contributed by atoms with van der Waals surface area (Å²) in [5.74, 6) is 0.125. The Labute approximate surface area is 197 Å². The molecule has 0 spiro atoms. The molecule has 1 amide bonds. The maximum Gasteiger partial charge on any atom is 0.280 e. The van der Waals surface area contributed by atoms with Crippen LogP contribution in [0.15, 0.2) is 47.3 Å². The van der Waals surface area contributed by atoms with Crippen LogP contribution in [0.5, 0.6) is 5.88 Å². The summed E-state index contributed by atoms with van der Waals surface area (Å²) in [6.45, 7) is 1.02. The first-order valence-electron chi connectivity index (χ1n) is 10.3. The highest BCUT2D eigenvalue weighted by atomic mass is 35.5. The quantitative estimate of drug-likeness (QED) is 0.475. The van der Waals surface area contributed by atoms with Gasteiger partial charge in [0, 0.05) is 41.5 Å². The highest BCUT2D eigenvalue weighted by molar-refractivity contribution is 6.31. The van der Waals surface area contributed by atoms with Crippen molar-refractivity contribution < 1.29 is 9.53 Å². The smallest absolute Gasteiger partial charge is 0.280 e. The standard InChI is InChI=1S/C23H17Cl2N5O3/c24-14-3-1-13(2-4-14)22(31)29-9-7-16(8-10-29)33-21-18(12-26)20-27-19-6-5-15(25)11-17(19)23(32)30(20)28-21/h1-6,11,16,28H,7-10H2. The van der Waals surface area contributed by atoms with Gasteiger partial charge in [0.1, 0.15) is 12.2 Å². The van der Waals surface area contributed by atoms with Crippen molar-refractivity contribution in [3.63, 3.8) is 0 Å². The summed E-state index contributed by atoms with van der Waals surface area (Å²) < 4.78 is 7.26. The van der Waals surface area contributed by atoms with Crippen LogP contribution in [-0.2, 0) is 0 Å². The lowest BCUT2D eigenvalue weighted by Gasteiger charge is -2.32. The van der Waals surface area contributed by atoms with E-state index in [1.165, 1.54) is 4.52 Å². The second-order valence-electron chi connectivity index (χ2n) is 7.78. The van der Waals surface area contributed by atoms with Gasteiger partial charge in [-0.3, -0.25) is 14.7 Å². The van der Waals surface area contributed by atoms with E-state index < -0.39 is 0 Å². The Morgan fingerprint density at radius 1 is 1.12 bits per heavy atom. The largest absolute Gasteiger partial charge is 0.474 e. The first-order valence-corrected chi connectivity index (χ1v) is 11.1. The van der Waals surface area contributed by atoms with Crippen LogP contribution in [0, 0.1) is 11.3 Å². The van der Waals surface area contributed by atoms with E-state index in [9.17, 15) is 14.9 Å². The number of hydrogen-bond acceptors (Lipinski definition) is 5. The summed E-state index contributed by atoms with van der Waals surface area (Å²) in [5.41, 5.74) is 1.01. The highest BCUT2D eigenvalue weighted by Crippen LogP contribution is 2.26. The summed E-state index contributed by atoms with van der Waals surface area (Å²) in [7, 11) is 0. The van der Waals surface area contributed by atoms with Crippen LogP contribution in [0.3, 0.4) is 0 Å². The normalized spacial score (nSPS) is 14.5. The third-order valence-corrected chi connectivity index (χ3v) is 6.20. The van der Waals surface area contributed by atoms with Gasteiger partial charge in [-0.1, -0.05) is 23.2 Å². The van der Waals surface area contributed by atoms with Crippen LogP contribution in [0.1, 0.15) is 28.8 Å². The van der Waals surface area contributed by atoms with Gasteiger partial charge in [0.15, 0.2) is 11.2 Å². The zero-order valence-corrected chi connectivity index (χ0v) is 18.7. The molecule has 3 heterocycles. The fourth-order valence-corrected chi connectivity index (χ4v) is 4.29. The number of amides is 1. The van der Waals surface area contributed by atoms with Crippen LogP contribution >= 0.6 is 23.2 Å². The highest BCUT2D eigenvalue weighted by Gasteiger charge is 2.27. The third kappa shape index (κ3) is 3.90. The number of H-pyrrole nitrogens is 1. The number of hydrogen-bond donors (Lipinski definition) is 1. The van der Waals surface area contributed by atoms with Gasteiger partial charge in [-0.2, -0.15) is 9.78 Å². The van der Waals surface area contributed by atoms with Crippen LogP contribution in [0.4, 0.5) is 0 Å². The number of benzene rings is 2. The van der Waals surface area contributed by atoms with Crippen molar-refractivity contribution in [1.29, 1.82) is 5.26 Å². The summed E-state index contributed by atoms with van der Waals surface area (Å²) >= 11 is 11.9. The molecule has 0 atom stereocenters. The van der Waals surface area contributed by atoms with Crippen molar-refractivity contribution in [2.24, 2.45) is 0 Å². The number of likely N-dealkylation sites (tertiary alicyclic amines) is 1. The molecule has 0 radical (unpaired) electrons. The number of nitrogens with one attached hydrogen (secondary N) is 1. The average molecular weight is 482 g/mol. The fourth-order valence-electron chi connectivity index (χ4n) is 3.99. The number of aromatic nitrogens is 3. The molecule has 5 rings (SSSR count). The number of rotatable bonds is 3. The minimum atomic E-state index is -0.368. The van der Waals surface area contributed by atoms with Crippen molar-refractivity contribution in [3.8, 4) is 11.9 Å². The van der Waals surface area contributed by atoms with Crippen LogP contribution in [0.2, 0.25) is 10.0 Å². The first kappa shape index (κ1) is 21.3. The van der Waals surface area contributed by atoms with E-state index in [1.54, 1.807) is 47.4 Å². The Kier molecular flexibility index (Phi) is 5.44. The number of carbonyl (C=O) groups is 1. The van der Waals surface area contributed by atoms with Crippen LogP contribution in [-0.4, -0.2) is 44.6 Å². The molecule has 1 saturated heterocycles. The molecule has 0 saturated carbocycles. The van der Waals surface area contributed by atoms with Gasteiger partial charge in [0.05, 0.1) is 10.9 Å². The molecule has 166 valence electrons. The van der Waals surface area contributed by atoms with Gasteiger partial charge in [-0.25, -0.2) is 4.98 Å². The third-order valence-electron chi connectivity index (χ3n) is 5.71. The minimum absolute atomic E-state index is 0.0606. The molecule has 1 aliphatic rings. The van der Waals surface area contributed by atoms with Gasteiger partial charge in [-0.15, -0.1) is 0 Å². The number of carbonyl (C=O) groups excluding carboxylic acids is 1. The summed E-state index contributed by atoms with van der Waals surface area (Å²) in [6.07, 6.45) is 0.942. The number of nitrogens with zero attached hydrogens (tertiary/aromatic N) is 4. The molecule has 1 N–H and O–H groups in total. The molecule has 0 bridgehead atoms. The molecule has 0 unspecified atom stereocenters. The van der Waals surface area contributed by atoms with E-state index in [0.717, 1.165) is 0 Å². The summed E-state index contributed by atoms with van der Waals surface area (Å²) in [5, 5.41) is 13.9. The molecule has 0 aliphatic carbocycles. The van der Waals surface area contributed by atoms with Gasteiger partial charge < -0.3 is 9.64 Å². The SMILES string of the molecule is N#Cc1c(OC2CCN(C(=O)c3ccc(Cl)cc3)CC2)[nH]n2c(=O)c3cc(Cl)ccc3nc12. The summed E-state index contributed by atoms with van der Waals surface area (Å²) in [6, 6.07) is 13.7. The first-order chi connectivity index (χ1) is 15.9. The Morgan fingerprint density at radius 2 is 1.82 bits per heavy atom. The van der Waals surface area contributed by atoms with E-state index in [0.29, 0.717) is 52.4 Å². The number of piperidine rings is 1. The number of nitriles is 1. The van der Waals surface area contributed by atoms with E-state index in [1.807, 2.05) is 0 Å². The van der Waals surface area contributed by atoms with E-state index in [2.05, 4.69) is 16.2 Å². The zero-order chi connectivity index (χ0) is 23.1. The lowest BCUT2D eigenvalue weighted by Crippen LogP contribution is -2.41. The zero-order valence-electron chi connectivity index (χ0n) is 17.2. The number of ether oxygens (including phenoxy) is 1. The monoisotopic (exact) mass is 481 g/mol. The van der Waals surface area contributed by atoms with Crippen LogP contribution in [0.25, 0.3) is 16.6 Å². The Hall–Kier alpha value is -3.54. The second-order valence-corrected chi connectivity index (χ2v) is 8.65. The van der Waals surface area contributed by atoms with Gasteiger partial charge in [0.25, 0.3) is 11.5 Å². The Balaban J connectivity index is 1.36. The second kappa shape index (κ2) is 8.43. The molecule has 10 heteroatoms.